The van der Waals surface area contributed by atoms with Gasteiger partial charge >= 0.3 is 0 Å². The van der Waals surface area contributed by atoms with Crippen LogP contribution in [0.15, 0.2) is 59.5 Å². The number of sulfonamides is 1. The van der Waals surface area contributed by atoms with Gasteiger partial charge in [-0.15, -0.1) is 0 Å². The lowest BCUT2D eigenvalue weighted by atomic mass is 10.1. The Morgan fingerprint density at radius 2 is 1.71 bits per heavy atom. The molecule has 0 radical (unpaired) electrons. The molecular weight excluding hydrogens is 286 g/mol. The summed E-state index contributed by atoms with van der Waals surface area (Å²) >= 11 is 0. The smallest absolute Gasteiger partial charge is 0.241 e. The normalized spacial score (nSPS) is 21.2. The Hall–Kier alpha value is -1.69. The lowest BCUT2D eigenvalue weighted by Crippen LogP contribution is -2.27. The Kier molecular flexibility index (Phi) is 3.80. The van der Waals surface area contributed by atoms with Crippen LogP contribution in [0.3, 0.4) is 0 Å². The standard InChI is InChI=1S/C16H17NO3S/c18-11-13-8-4-5-9-16(13)21(19,20)17-15-10-14(15)12-6-2-1-3-7-12/h1-9,14-15,17-18H,10-11H2. The van der Waals surface area contributed by atoms with Crippen LogP contribution in [-0.4, -0.2) is 19.6 Å². The third-order valence-electron chi connectivity index (χ3n) is 3.76. The second-order valence-corrected chi connectivity index (χ2v) is 6.93. The molecule has 0 saturated heterocycles. The Morgan fingerprint density at radius 1 is 1.05 bits per heavy atom. The molecule has 3 rings (SSSR count). The Labute approximate surface area is 124 Å². The van der Waals surface area contributed by atoms with Gasteiger partial charge < -0.3 is 5.11 Å². The van der Waals surface area contributed by atoms with E-state index in [1.807, 2.05) is 30.3 Å². The maximum absolute atomic E-state index is 12.4. The van der Waals surface area contributed by atoms with Crippen LogP contribution in [0, 0.1) is 0 Å². The third kappa shape index (κ3) is 3.00. The van der Waals surface area contributed by atoms with Crippen molar-refractivity contribution in [2.75, 3.05) is 0 Å². The fraction of sp³-hybridized carbons (Fsp3) is 0.250. The first-order chi connectivity index (χ1) is 10.1. The van der Waals surface area contributed by atoms with Crippen LogP contribution < -0.4 is 4.72 Å². The molecule has 1 saturated carbocycles. The summed E-state index contributed by atoms with van der Waals surface area (Å²) in [5.74, 6) is 0.238. The van der Waals surface area contributed by atoms with E-state index in [4.69, 9.17) is 0 Å². The summed E-state index contributed by atoms with van der Waals surface area (Å²) in [6.07, 6.45) is 0.810. The molecule has 0 aromatic heterocycles. The zero-order valence-corrected chi connectivity index (χ0v) is 12.3. The molecule has 2 unspecified atom stereocenters. The van der Waals surface area contributed by atoms with Gasteiger partial charge in [0, 0.05) is 12.0 Å². The molecule has 2 N–H and O–H groups in total. The summed E-state index contributed by atoms with van der Waals surface area (Å²) in [5.41, 5.74) is 1.57. The molecule has 0 heterocycles. The fourth-order valence-corrected chi connectivity index (χ4v) is 4.07. The average molecular weight is 303 g/mol. The van der Waals surface area contributed by atoms with E-state index >= 15 is 0 Å². The maximum Gasteiger partial charge on any atom is 0.241 e. The molecule has 0 bridgehead atoms. The molecular formula is C16H17NO3S. The highest BCUT2D eigenvalue weighted by Crippen LogP contribution is 2.41. The van der Waals surface area contributed by atoms with Gasteiger partial charge in [0.2, 0.25) is 10.0 Å². The van der Waals surface area contributed by atoms with Crippen molar-refractivity contribution < 1.29 is 13.5 Å². The Morgan fingerprint density at radius 3 is 2.43 bits per heavy atom. The first-order valence-corrected chi connectivity index (χ1v) is 8.36. The Bertz CT molecular complexity index is 728. The highest BCUT2D eigenvalue weighted by Gasteiger charge is 2.41. The van der Waals surface area contributed by atoms with Crippen LogP contribution in [0.5, 0.6) is 0 Å². The zero-order valence-electron chi connectivity index (χ0n) is 11.4. The van der Waals surface area contributed by atoms with Gasteiger partial charge in [0.25, 0.3) is 0 Å². The minimum absolute atomic E-state index is 0.0656. The van der Waals surface area contributed by atoms with Crippen LogP contribution in [0.1, 0.15) is 23.5 Å². The van der Waals surface area contributed by atoms with Crippen molar-refractivity contribution in [1.29, 1.82) is 0 Å². The summed E-state index contributed by atoms with van der Waals surface area (Å²) in [4.78, 5) is 0.159. The van der Waals surface area contributed by atoms with E-state index in [0.717, 1.165) is 12.0 Å². The van der Waals surface area contributed by atoms with Crippen LogP contribution in [0.4, 0.5) is 0 Å². The molecule has 2 aromatic rings. The molecule has 5 heteroatoms. The minimum Gasteiger partial charge on any atom is -0.392 e. The van der Waals surface area contributed by atoms with Crippen molar-refractivity contribution in [3.8, 4) is 0 Å². The first kappa shape index (κ1) is 14.3. The van der Waals surface area contributed by atoms with Crippen molar-refractivity contribution in [3.05, 3.63) is 65.7 Å². The first-order valence-electron chi connectivity index (χ1n) is 6.88. The number of aliphatic hydroxyl groups is 1. The highest BCUT2D eigenvalue weighted by atomic mass is 32.2. The number of rotatable bonds is 5. The lowest BCUT2D eigenvalue weighted by molar-refractivity contribution is 0.278. The molecule has 110 valence electrons. The molecule has 4 nitrogen and oxygen atoms in total. The highest BCUT2D eigenvalue weighted by molar-refractivity contribution is 7.89. The predicted molar refractivity (Wildman–Crippen MR) is 80.3 cm³/mol. The van der Waals surface area contributed by atoms with Crippen LogP contribution in [0.2, 0.25) is 0 Å². The van der Waals surface area contributed by atoms with Crippen LogP contribution in [0.25, 0.3) is 0 Å². The molecule has 1 aliphatic rings. The molecule has 0 aliphatic heterocycles. The summed E-state index contributed by atoms with van der Waals surface area (Å²) in [6, 6.07) is 16.3. The minimum atomic E-state index is -3.59. The van der Waals surface area contributed by atoms with Gasteiger partial charge in [0.15, 0.2) is 0 Å². The second-order valence-electron chi connectivity index (χ2n) is 5.25. The molecule has 21 heavy (non-hydrogen) atoms. The van der Waals surface area contributed by atoms with E-state index < -0.39 is 10.0 Å². The van der Waals surface area contributed by atoms with Crippen molar-refractivity contribution in [2.24, 2.45) is 0 Å². The fourth-order valence-electron chi connectivity index (χ4n) is 2.55. The molecule has 1 fully saturated rings. The molecule has 2 aromatic carbocycles. The monoisotopic (exact) mass is 303 g/mol. The largest absolute Gasteiger partial charge is 0.392 e. The predicted octanol–water partition coefficient (Wildman–Crippen LogP) is 2.01. The van der Waals surface area contributed by atoms with Crippen molar-refractivity contribution >= 4 is 10.0 Å². The summed E-state index contributed by atoms with van der Waals surface area (Å²) in [5, 5.41) is 9.27. The van der Waals surface area contributed by atoms with Gasteiger partial charge in [-0.1, -0.05) is 48.5 Å². The SMILES string of the molecule is O=S(=O)(NC1CC1c1ccccc1)c1ccccc1CO. The van der Waals surface area contributed by atoms with Crippen molar-refractivity contribution in [1.82, 2.24) is 4.72 Å². The van der Waals surface area contributed by atoms with Crippen molar-refractivity contribution in [2.45, 2.75) is 29.9 Å². The number of hydrogen-bond acceptors (Lipinski definition) is 3. The molecule has 0 amide bonds. The number of hydrogen-bond donors (Lipinski definition) is 2. The maximum atomic E-state index is 12.4. The van der Waals surface area contributed by atoms with Crippen LogP contribution >= 0.6 is 0 Å². The van der Waals surface area contributed by atoms with Gasteiger partial charge in [0.05, 0.1) is 11.5 Å². The second kappa shape index (κ2) is 5.60. The van der Waals surface area contributed by atoms with E-state index in [0.29, 0.717) is 5.56 Å². The third-order valence-corrected chi connectivity index (χ3v) is 5.35. The quantitative estimate of drug-likeness (QED) is 0.888. The van der Waals surface area contributed by atoms with E-state index in [1.54, 1.807) is 18.2 Å². The van der Waals surface area contributed by atoms with Gasteiger partial charge in [-0.25, -0.2) is 13.1 Å². The summed E-state index contributed by atoms with van der Waals surface area (Å²) in [7, 11) is -3.59. The summed E-state index contributed by atoms with van der Waals surface area (Å²) < 4.78 is 27.6. The van der Waals surface area contributed by atoms with E-state index in [-0.39, 0.29) is 23.5 Å². The van der Waals surface area contributed by atoms with E-state index in [2.05, 4.69) is 4.72 Å². The van der Waals surface area contributed by atoms with Crippen LogP contribution in [-0.2, 0) is 16.6 Å². The zero-order chi connectivity index (χ0) is 14.9. The molecule has 1 aliphatic carbocycles. The molecule has 0 spiro atoms. The average Bonchev–Trinajstić information content (AvgIpc) is 3.26. The van der Waals surface area contributed by atoms with Gasteiger partial charge in [-0.2, -0.15) is 0 Å². The van der Waals surface area contributed by atoms with Gasteiger partial charge in [-0.05, 0) is 23.6 Å². The van der Waals surface area contributed by atoms with E-state index in [1.165, 1.54) is 6.07 Å². The van der Waals surface area contributed by atoms with Crippen molar-refractivity contribution in [3.63, 3.8) is 0 Å². The van der Waals surface area contributed by atoms with Gasteiger partial charge in [0.1, 0.15) is 0 Å². The number of benzene rings is 2. The lowest BCUT2D eigenvalue weighted by Gasteiger charge is -2.10. The Balaban J connectivity index is 1.77. The number of aliphatic hydroxyl groups excluding tert-OH is 1. The topological polar surface area (TPSA) is 66.4 Å². The van der Waals surface area contributed by atoms with Gasteiger partial charge in [-0.3, -0.25) is 0 Å². The number of nitrogens with one attached hydrogen (secondary N) is 1. The summed E-state index contributed by atoms with van der Waals surface area (Å²) in [6.45, 7) is -0.288. The molecule has 2 atom stereocenters. The van der Waals surface area contributed by atoms with E-state index in [9.17, 15) is 13.5 Å².